The number of cyclic esters (lactones) is 1. The summed E-state index contributed by atoms with van der Waals surface area (Å²) in [4.78, 5) is 35.9. The Bertz CT molecular complexity index is 579. The molecule has 0 amide bonds. The second kappa shape index (κ2) is 4.67. The zero-order chi connectivity index (χ0) is 17.2. The van der Waals surface area contributed by atoms with Gasteiger partial charge in [0.05, 0.1) is 6.42 Å². The summed E-state index contributed by atoms with van der Waals surface area (Å²) < 4.78 is 14.9. The van der Waals surface area contributed by atoms with Gasteiger partial charge in [-0.3, -0.25) is 9.59 Å². The van der Waals surface area contributed by atoms with Gasteiger partial charge >= 0.3 is 17.9 Å². The normalized spacial score (nSPS) is 42.7. The van der Waals surface area contributed by atoms with Crippen LogP contribution in [0.1, 0.15) is 40.0 Å². The molecule has 3 aliphatic rings. The van der Waals surface area contributed by atoms with Crippen LogP contribution in [0.15, 0.2) is 0 Å². The molecule has 0 radical (unpaired) electrons. The van der Waals surface area contributed by atoms with Crippen molar-refractivity contribution >= 4 is 17.9 Å². The van der Waals surface area contributed by atoms with Crippen LogP contribution in [0.2, 0.25) is 0 Å². The predicted molar refractivity (Wildman–Crippen MR) is 72.5 cm³/mol. The second-order valence-electron chi connectivity index (χ2n) is 7.63. The minimum Gasteiger partial charge on any atom is -0.461 e. The van der Waals surface area contributed by atoms with Crippen LogP contribution >= 0.6 is 0 Å². The fourth-order valence-electron chi connectivity index (χ4n) is 3.62. The Balaban J connectivity index is 2.01. The molecule has 1 unspecified atom stereocenters. The van der Waals surface area contributed by atoms with Crippen molar-refractivity contribution in [3.63, 3.8) is 0 Å². The number of esters is 3. The zero-order valence-corrected chi connectivity index (χ0v) is 13.2. The molecule has 3 rings (SSSR count). The van der Waals surface area contributed by atoms with Crippen molar-refractivity contribution in [2.45, 2.75) is 64.1 Å². The first-order valence-electron chi connectivity index (χ1n) is 7.54. The van der Waals surface area contributed by atoms with Crippen molar-refractivity contribution in [3.05, 3.63) is 0 Å². The van der Waals surface area contributed by atoms with Crippen molar-refractivity contribution in [2.24, 2.45) is 10.8 Å². The summed E-state index contributed by atoms with van der Waals surface area (Å²) in [5.74, 6) is -2.65. The lowest BCUT2D eigenvalue weighted by molar-refractivity contribution is -0.178. The third-order valence-electron chi connectivity index (χ3n) is 4.92. The molecule has 0 aromatic rings. The first kappa shape index (κ1) is 16.2. The molecule has 5 atom stereocenters. The molecule has 8 heteroatoms. The summed E-state index contributed by atoms with van der Waals surface area (Å²) >= 11 is 0. The summed E-state index contributed by atoms with van der Waals surface area (Å²) in [5.41, 5.74) is -4.25. The maximum absolute atomic E-state index is 12.4. The molecular weight excluding hydrogens is 308 g/mol. The van der Waals surface area contributed by atoms with E-state index in [0.717, 1.165) is 0 Å². The van der Waals surface area contributed by atoms with E-state index in [1.165, 1.54) is 0 Å². The monoisotopic (exact) mass is 328 g/mol. The Morgan fingerprint density at radius 2 is 1.83 bits per heavy atom. The van der Waals surface area contributed by atoms with E-state index in [1.807, 2.05) is 20.8 Å². The van der Waals surface area contributed by atoms with Crippen LogP contribution in [-0.2, 0) is 28.6 Å². The van der Waals surface area contributed by atoms with Gasteiger partial charge in [0.1, 0.15) is 6.10 Å². The molecule has 3 heterocycles. The van der Waals surface area contributed by atoms with E-state index in [2.05, 4.69) is 0 Å². The average Bonchev–Trinajstić information content (AvgIpc) is 2.95. The number of aliphatic hydroxyl groups excluding tert-OH is 1. The summed E-state index contributed by atoms with van der Waals surface area (Å²) in [5, 5.41) is 21.0. The van der Waals surface area contributed by atoms with Gasteiger partial charge in [0, 0.05) is 0 Å². The van der Waals surface area contributed by atoms with Gasteiger partial charge in [-0.05, 0) is 18.3 Å². The standard InChI is InChI=1S/C15H20O8/c1-13(2,3)5-4-7-14(6-8(16)21-7)11(19)23-12-15(14,20)9(17)10(18)22-12/h7,9,12,17,20H,4-6H2,1-3H3/t7-,9?,12-,14-,15+/m0/s1. The molecule has 0 aromatic heterocycles. The third kappa shape index (κ3) is 2.01. The molecule has 0 aromatic carbocycles. The van der Waals surface area contributed by atoms with Gasteiger partial charge in [-0.15, -0.1) is 0 Å². The van der Waals surface area contributed by atoms with E-state index < -0.39 is 53.8 Å². The van der Waals surface area contributed by atoms with Gasteiger partial charge in [0.15, 0.2) is 17.1 Å². The number of ether oxygens (including phenoxy) is 3. The van der Waals surface area contributed by atoms with Crippen molar-refractivity contribution in [1.29, 1.82) is 0 Å². The molecule has 3 saturated heterocycles. The van der Waals surface area contributed by atoms with Crippen LogP contribution in [-0.4, -0.2) is 52.2 Å². The first-order chi connectivity index (χ1) is 10.5. The van der Waals surface area contributed by atoms with Crippen LogP contribution in [0.25, 0.3) is 0 Å². The number of aliphatic hydroxyl groups is 2. The van der Waals surface area contributed by atoms with Crippen LogP contribution in [0.3, 0.4) is 0 Å². The Hall–Kier alpha value is -1.67. The number of fused-ring (bicyclic) bond motifs is 2. The fourth-order valence-corrected chi connectivity index (χ4v) is 3.62. The molecule has 128 valence electrons. The summed E-state index contributed by atoms with van der Waals surface area (Å²) in [6.07, 6.45) is -4.14. The number of hydrogen-bond acceptors (Lipinski definition) is 8. The van der Waals surface area contributed by atoms with Gasteiger partial charge in [-0.25, -0.2) is 4.79 Å². The maximum atomic E-state index is 12.4. The molecule has 8 nitrogen and oxygen atoms in total. The highest BCUT2D eigenvalue weighted by molar-refractivity contribution is 5.94. The number of carbonyl (C=O) groups is 3. The van der Waals surface area contributed by atoms with E-state index >= 15 is 0 Å². The quantitative estimate of drug-likeness (QED) is 0.660. The molecule has 0 saturated carbocycles. The molecule has 3 aliphatic heterocycles. The van der Waals surface area contributed by atoms with Crippen molar-refractivity contribution in [1.82, 2.24) is 0 Å². The summed E-state index contributed by atoms with van der Waals surface area (Å²) in [6, 6.07) is 0. The molecule has 23 heavy (non-hydrogen) atoms. The van der Waals surface area contributed by atoms with Gasteiger partial charge in [-0.2, -0.15) is 0 Å². The lowest BCUT2D eigenvalue weighted by Crippen LogP contribution is -2.61. The van der Waals surface area contributed by atoms with Crippen molar-refractivity contribution in [2.75, 3.05) is 0 Å². The Kier molecular flexibility index (Phi) is 3.29. The highest BCUT2D eigenvalue weighted by atomic mass is 16.8. The van der Waals surface area contributed by atoms with Crippen LogP contribution in [0, 0.1) is 10.8 Å². The molecular formula is C15H20O8. The van der Waals surface area contributed by atoms with Crippen LogP contribution in [0.5, 0.6) is 0 Å². The summed E-state index contributed by atoms with van der Waals surface area (Å²) in [6.45, 7) is 5.95. The van der Waals surface area contributed by atoms with Gasteiger partial charge in [0.2, 0.25) is 0 Å². The zero-order valence-electron chi connectivity index (χ0n) is 13.2. The van der Waals surface area contributed by atoms with Crippen molar-refractivity contribution in [3.8, 4) is 0 Å². The van der Waals surface area contributed by atoms with E-state index in [1.54, 1.807) is 0 Å². The minimum absolute atomic E-state index is 0.0959. The van der Waals surface area contributed by atoms with Crippen LogP contribution < -0.4 is 0 Å². The highest BCUT2D eigenvalue weighted by Crippen LogP contribution is 2.58. The average molecular weight is 328 g/mol. The molecule has 0 bridgehead atoms. The second-order valence-corrected chi connectivity index (χ2v) is 7.63. The third-order valence-corrected chi connectivity index (χ3v) is 4.92. The highest BCUT2D eigenvalue weighted by Gasteiger charge is 2.82. The molecule has 2 N–H and O–H groups in total. The maximum Gasteiger partial charge on any atom is 0.341 e. The van der Waals surface area contributed by atoms with Gasteiger partial charge < -0.3 is 24.4 Å². The van der Waals surface area contributed by atoms with E-state index in [4.69, 9.17) is 14.2 Å². The predicted octanol–water partition coefficient (Wildman–Crippen LogP) is -0.354. The lowest BCUT2D eigenvalue weighted by Gasteiger charge is -2.36. The Morgan fingerprint density at radius 1 is 1.17 bits per heavy atom. The van der Waals surface area contributed by atoms with Gasteiger partial charge in [0.25, 0.3) is 6.29 Å². The lowest BCUT2D eigenvalue weighted by atomic mass is 9.65. The first-order valence-corrected chi connectivity index (χ1v) is 7.54. The fraction of sp³-hybridized carbons (Fsp3) is 0.800. The number of hydrogen-bond donors (Lipinski definition) is 2. The SMILES string of the molecule is CC(C)(C)CC[C@@H]1OC(=O)C[C@@]12C(=O)O[C@@H]1OC(=O)C(O)[C@@]12O. The summed E-state index contributed by atoms with van der Waals surface area (Å²) in [7, 11) is 0. The Labute approximate surface area is 132 Å². The Morgan fingerprint density at radius 3 is 2.43 bits per heavy atom. The number of rotatable bonds is 2. The van der Waals surface area contributed by atoms with E-state index in [0.29, 0.717) is 12.8 Å². The topological polar surface area (TPSA) is 119 Å². The molecule has 1 spiro atoms. The minimum atomic E-state index is -2.32. The smallest absolute Gasteiger partial charge is 0.341 e. The molecule has 0 aliphatic carbocycles. The molecule has 3 fully saturated rings. The van der Waals surface area contributed by atoms with E-state index in [9.17, 15) is 24.6 Å². The largest absolute Gasteiger partial charge is 0.461 e. The van der Waals surface area contributed by atoms with Crippen molar-refractivity contribution < 1.29 is 38.8 Å². The number of carbonyl (C=O) groups excluding carboxylic acids is 3. The van der Waals surface area contributed by atoms with Crippen LogP contribution in [0.4, 0.5) is 0 Å². The van der Waals surface area contributed by atoms with Gasteiger partial charge in [-0.1, -0.05) is 20.8 Å². The van der Waals surface area contributed by atoms with E-state index in [-0.39, 0.29) is 5.41 Å².